The summed E-state index contributed by atoms with van der Waals surface area (Å²) in [4.78, 5) is 25.5. The van der Waals surface area contributed by atoms with Crippen LogP contribution in [0.5, 0.6) is 0 Å². The third kappa shape index (κ3) is 3.79. The van der Waals surface area contributed by atoms with Crippen molar-refractivity contribution in [1.82, 2.24) is 24.6 Å². The molecule has 1 aliphatic rings. The molecule has 9 heteroatoms. The lowest BCUT2D eigenvalue weighted by Gasteiger charge is -2.35. The van der Waals surface area contributed by atoms with Crippen LogP contribution in [-0.2, 0) is 11.8 Å². The topological polar surface area (TPSA) is 79.2 Å². The standard InChI is InChI=1S/C19H22ClN7O/c1-13-9-14(20)3-4-16(13)24-17(28)11-26-5-7-27(8-6-26)19-15-10-23-25(2)18(15)21-12-22-19/h3-4,9-10,12H,5-8,11H2,1-2H3,(H,24,28). The molecular formula is C19H22ClN7O. The zero-order valence-corrected chi connectivity index (χ0v) is 16.6. The number of benzene rings is 1. The van der Waals surface area contributed by atoms with E-state index in [4.69, 9.17) is 11.6 Å². The van der Waals surface area contributed by atoms with E-state index in [0.29, 0.717) is 11.6 Å². The Bertz CT molecular complexity index is 1010. The minimum Gasteiger partial charge on any atom is -0.353 e. The van der Waals surface area contributed by atoms with Crippen LogP contribution < -0.4 is 10.2 Å². The zero-order chi connectivity index (χ0) is 19.7. The van der Waals surface area contributed by atoms with Gasteiger partial charge in [0.25, 0.3) is 0 Å². The smallest absolute Gasteiger partial charge is 0.238 e. The molecule has 0 radical (unpaired) electrons. The molecule has 1 aliphatic heterocycles. The number of anilines is 2. The first-order chi connectivity index (χ1) is 13.5. The molecule has 1 amide bonds. The monoisotopic (exact) mass is 399 g/mol. The van der Waals surface area contributed by atoms with Crippen LogP contribution in [0.25, 0.3) is 11.0 Å². The molecule has 1 N–H and O–H groups in total. The molecule has 0 atom stereocenters. The SMILES string of the molecule is Cc1cc(Cl)ccc1NC(=O)CN1CCN(c2ncnc3c2cnn3C)CC1. The number of nitrogens with one attached hydrogen (secondary N) is 1. The fourth-order valence-electron chi connectivity index (χ4n) is 3.48. The Labute approximate surface area is 168 Å². The van der Waals surface area contributed by atoms with Crippen molar-refractivity contribution in [2.75, 3.05) is 42.9 Å². The molecule has 0 aliphatic carbocycles. The van der Waals surface area contributed by atoms with E-state index in [0.717, 1.165) is 54.3 Å². The van der Waals surface area contributed by atoms with Gasteiger partial charge in [-0.2, -0.15) is 5.10 Å². The van der Waals surface area contributed by atoms with Crippen molar-refractivity contribution in [2.45, 2.75) is 6.92 Å². The summed E-state index contributed by atoms with van der Waals surface area (Å²) in [6.45, 7) is 5.48. The first-order valence-corrected chi connectivity index (χ1v) is 9.55. The maximum atomic E-state index is 12.4. The summed E-state index contributed by atoms with van der Waals surface area (Å²) >= 11 is 5.97. The number of nitrogens with zero attached hydrogens (tertiary/aromatic N) is 6. The summed E-state index contributed by atoms with van der Waals surface area (Å²) in [5.41, 5.74) is 2.58. The van der Waals surface area contributed by atoms with Crippen LogP contribution >= 0.6 is 11.6 Å². The molecule has 1 saturated heterocycles. The van der Waals surface area contributed by atoms with Crippen molar-refractivity contribution in [3.05, 3.63) is 41.3 Å². The molecule has 28 heavy (non-hydrogen) atoms. The number of fused-ring (bicyclic) bond motifs is 1. The minimum absolute atomic E-state index is 0.0180. The second-order valence-electron chi connectivity index (χ2n) is 6.97. The summed E-state index contributed by atoms with van der Waals surface area (Å²) in [5, 5.41) is 8.86. The van der Waals surface area contributed by atoms with Crippen LogP contribution in [0.2, 0.25) is 5.02 Å². The molecule has 4 rings (SSSR count). The highest BCUT2D eigenvalue weighted by atomic mass is 35.5. The van der Waals surface area contributed by atoms with Crippen molar-refractivity contribution >= 4 is 40.0 Å². The number of amides is 1. The van der Waals surface area contributed by atoms with Gasteiger partial charge in [0.05, 0.1) is 18.1 Å². The van der Waals surface area contributed by atoms with Gasteiger partial charge < -0.3 is 10.2 Å². The lowest BCUT2D eigenvalue weighted by Crippen LogP contribution is -2.49. The number of rotatable bonds is 4. The maximum absolute atomic E-state index is 12.4. The maximum Gasteiger partial charge on any atom is 0.238 e. The molecule has 1 aromatic carbocycles. The highest BCUT2D eigenvalue weighted by Gasteiger charge is 2.22. The number of piperazine rings is 1. The molecule has 3 heterocycles. The van der Waals surface area contributed by atoms with E-state index in [1.54, 1.807) is 23.3 Å². The summed E-state index contributed by atoms with van der Waals surface area (Å²) in [6, 6.07) is 5.46. The largest absolute Gasteiger partial charge is 0.353 e. The van der Waals surface area contributed by atoms with E-state index < -0.39 is 0 Å². The van der Waals surface area contributed by atoms with Crippen LogP contribution in [0.3, 0.4) is 0 Å². The number of aromatic nitrogens is 4. The van der Waals surface area contributed by atoms with Crippen LogP contribution in [0.4, 0.5) is 11.5 Å². The third-order valence-electron chi connectivity index (χ3n) is 5.01. The number of carbonyl (C=O) groups excluding carboxylic acids is 1. The van der Waals surface area contributed by atoms with Crippen LogP contribution in [0.1, 0.15) is 5.56 Å². The van der Waals surface area contributed by atoms with Gasteiger partial charge in [-0.15, -0.1) is 0 Å². The van der Waals surface area contributed by atoms with Gasteiger partial charge in [-0.25, -0.2) is 9.97 Å². The number of hydrogen-bond donors (Lipinski definition) is 1. The van der Waals surface area contributed by atoms with Gasteiger partial charge in [-0.3, -0.25) is 14.4 Å². The fraction of sp³-hybridized carbons (Fsp3) is 0.368. The number of hydrogen-bond acceptors (Lipinski definition) is 6. The van der Waals surface area contributed by atoms with Gasteiger partial charge in [-0.1, -0.05) is 11.6 Å². The van der Waals surface area contributed by atoms with Crippen LogP contribution in [0, 0.1) is 6.92 Å². The van der Waals surface area contributed by atoms with Crippen molar-refractivity contribution in [2.24, 2.45) is 7.05 Å². The summed E-state index contributed by atoms with van der Waals surface area (Å²) < 4.78 is 1.75. The van der Waals surface area contributed by atoms with Gasteiger partial charge in [-0.05, 0) is 30.7 Å². The number of aryl methyl sites for hydroxylation is 2. The minimum atomic E-state index is -0.0180. The predicted octanol–water partition coefficient (Wildman–Crippen LogP) is 2.09. The van der Waals surface area contributed by atoms with E-state index >= 15 is 0 Å². The second kappa shape index (κ2) is 7.73. The van der Waals surface area contributed by atoms with E-state index in [-0.39, 0.29) is 5.91 Å². The molecule has 0 unspecified atom stereocenters. The van der Waals surface area contributed by atoms with Gasteiger partial charge in [0.1, 0.15) is 12.1 Å². The Hall–Kier alpha value is -2.71. The fourth-order valence-corrected chi connectivity index (χ4v) is 3.71. The molecule has 146 valence electrons. The lowest BCUT2D eigenvalue weighted by molar-refractivity contribution is -0.117. The van der Waals surface area contributed by atoms with E-state index in [1.807, 2.05) is 26.1 Å². The van der Waals surface area contributed by atoms with Gasteiger partial charge >= 0.3 is 0 Å². The van der Waals surface area contributed by atoms with Gasteiger partial charge in [0.2, 0.25) is 5.91 Å². The van der Waals surface area contributed by atoms with Gasteiger partial charge in [0, 0.05) is 43.9 Å². The first kappa shape index (κ1) is 18.6. The highest BCUT2D eigenvalue weighted by molar-refractivity contribution is 6.30. The molecular weight excluding hydrogens is 378 g/mol. The average molecular weight is 400 g/mol. The Morgan fingerprint density at radius 3 is 2.75 bits per heavy atom. The summed E-state index contributed by atoms with van der Waals surface area (Å²) in [6.07, 6.45) is 3.38. The van der Waals surface area contributed by atoms with Crippen LogP contribution in [0.15, 0.2) is 30.7 Å². The quantitative estimate of drug-likeness (QED) is 0.723. The zero-order valence-electron chi connectivity index (χ0n) is 15.9. The molecule has 0 saturated carbocycles. The van der Waals surface area contributed by atoms with Gasteiger partial charge in [0.15, 0.2) is 5.65 Å². The second-order valence-corrected chi connectivity index (χ2v) is 7.41. The Balaban J connectivity index is 1.35. The Morgan fingerprint density at radius 2 is 2.00 bits per heavy atom. The predicted molar refractivity (Wildman–Crippen MR) is 110 cm³/mol. The van der Waals surface area contributed by atoms with E-state index in [2.05, 4.69) is 30.2 Å². The highest BCUT2D eigenvalue weighted by Crippen LogP contribution is 2.23. The summed E-state index contributed by atoms with van der Waals surface area (Å²) in [5.74, 6) is 0.884. The van der Waals surface area contributed by atoms with E-state index in [9.17, 15) is 4.79 Å². The Kier molecular flexibility index (Phi) is 5.15. The average Bonchev–Trinajstić information content (AvgIpc) is 3.06. The normalized spacial score (nSPS) is 15.2. The van der Waals surface area contributed by atoms with Crippen molar-refractivity contribution in [3.8, 4) is 0 Å². The molecule has 1 fully saturated rings. The van der Waals surface area contributed by atoms with Crippen molar-refractivity contribution < 1.29 is 4.79 Å². The number of carbonyl (C=O) groups is 1. The van der Waals surface area contributed by atoms with Crippen LogP contribution in [-0.4, -0.2) is 63.3 Å². The molecule has 0 spiro atoms. The molecule has 3 aromatic rings. The van der Waals surface area contributed by atoms with Crippen molar-refractivity contribution in [1.29, 1.82) is 0 Å². The first-order valence-electron chi connectivity index (χ1n) is 9.17. The van der Waals surface area contributed by atoms with Crippen molar-refractivity contribution in [3.63, 3.8) is 0 Å². The Morgan fingerprint density at radius 1 is 1.21 bits per heavy atom. The summed E-state index contributed by atoms with van der Waals surface area (Å²) in [7, 11) is 1.87. The lowest BCUT2D eigenvalue weighted by atomic mass is 10.2. The molecule has 2 aromatic heterocycles. The third-order valence-corrected chi connectivity index (χ3v) is 5.25. The molecule has 8 nitrogen and oxygen atoms in total. The number of halogens is 1. The molecule has 0 bridgehead atoms. The van der Waals surface area contributed by atoms with E-state index in [1.165, 1.54) is 0 Å².